The van der Waals surface area contributed by atoms with Crippen molar-refractivity contribution in [2.24, 2.45) is 4.99 Å². The highest BCUT2D eigenvalue weighted by atomic mass is 32.2. The van der Waals surface area contributed by atoms with Gasteiger partial charge in [0.05, 0.1) is 12.8 Å². The number of carbonyl (C=O) groups is 1. The van der Waals surface area contributed by atoms with Crippen molar-refractivity contribution >= 4 is 28.6 Å². The van der Waals surface area contributed by atoms with Crippen molar-refractivity contribution in [2.75, 3.05) is 24.3 Å². The van der Waals surface area contributed by atoms with E-state index in [4.69, 9.17) is 4.74 Å². The van der Waals surface area contributed by atoms with Gasteiger partial charge in [-0.15, -0.1) is 18.3 Å². The van der Waals surface area contributed by atoms with Gasteiger partial charge in [-0.05, 0) is 65.9 Å². The number of aliphatic imine (C=N–C) groups is 1. The van der Waals surface area contributed by atoms with E-state index in [1.165, 1.54) is 59.2 Å². The Kier molecular flexibility index (Phi) is 10.3. The van der Waals surface area contributed by atoms with Crippen LogP contribution < -0.4 is 19.7 Å². The van der Waals surface area contributed by atoms with Gasteiger partial charge >= 0.3 is 12.4 Å². The third kappa shape index (κ3) is 8.39. The summed E-state index contributed by atoms with van der Waals surface area (Å²) in [6.07, 6.45) is -7.14. The molecule has 1 fully saturated rings. The SMILES string of the molecule is COc1ccc(N2CCCSC2=NC(=O)NC(F)C(F)c2ccc(-c3ncn(-c4ccc(OC(F)(F)F)cc4)n3)cc2)c(C(C)C)c1. The zero-order chi connectivity index (χ0) is 33.7. The quantitative estimate of drug-likeness (QED) is 0.142. The van der Waals surface area contributed by atoms with Crippen LogP contribution in [0, 0.1) is 0 Å². The highest BCUT2D eigenvalue weighted by Crippen LogP contribution is 2.35. The zero-order valence-corrected chi connectivity index (χ0v) is 26.4. The van der Waals surface area contributed by atoms with Crippen molar-refractivity contribution in [2.45, 2.75) is 45.0 Å². The molecule has 9 nitrogen and oxygen atoms in total. The molecule has 248 valence electrons. The fourth-order valence-electron chi connectivity index (χ4n) is 4.86. The first kappa shape index (κ1) is 33.7. The van der Waals surface area contributed by atoms with Crippen LogP contribution in [0.25, 0.3) is 17.1 Å². The molecule has 0 saturated carbocycles. The first-order valence-corrected chi connectivity index (χ1v) is 15.5. The monoisotopic (exact) mass is 674 g/mol. The number of anilines is 1. The summed E-state index contributed by atoms with van der Waals surface area (Å²) in [5.41, 5.74) is 2.76. The second kappa shape index (κ2) is 14.4. The van der Waals surface area contributed by atoms with Gasteiger partial charge in [0, 0.05) is 23.5 Å². The van der Waals surface area contributed by atoms with E-state index in [1.54, 1.807) is 7.11 Å². The van der Waals surface area contributed by atoms with Crippen LogP contribution in [0.15, 0.2) is 78.0 Å². The molecule has 2 amide bonds. The molecular weight excluding hydrogens is 643 g/mol. The second-order valence-electron chi connectivity index (χ2n) is 10.8. The Labute approximate surface area is 271 Å². The van der Waals surface area contributed by atoms with Gasteiger partial charge < -0.3 is 19.7 Å². The molecule has 1 aliphatic heterocycles. The Morgan fingerprint density at radius 1 is 1.02 bits per heavy atom. The van der Waals surface area contributed by atoms with Crippen LogP contribution in [0.2, 0.25) is 0 Å². The van der Waals surface area contributed by atoms with Crippen molar-refractivity contribution in [1.29, 1.82) is 0 Å². The molecule has 2 heterocycles. The summed E-state index contributed by atoms with van der Waals surface area (Å²) >= 11 is 1.37. The second-order valence-corrected chi connectivity index (χ2v) is 11.8. The number of rotatable bonds is 9. The Balaban J connectivity index is 1.23. The Morgan fingerprint density at radius 2 is 1.72 bits per heavy atom. The lowest BCUT2D eigenvalue weighted by Crippen LogP contribution is -2.38. The third-order valence-corrected chi connectivity index (χ3v) is 8.23. The topological polar surface area (TPSA) is 93.9 Å². The Hall–Kier alpha value is -4.66. The van der Waals surface area contributed by atoms with Crippen molar-refractivity contribution in [3.63, 3.8) is 0 Å². The van der Waals surface area contributed by atoms with Crippen LogP contribution >= 0.6 is 11.8 Å². The van der Waals surface area contributed by atoms with Gasteiger partial charge in [-0.3, -0.25) is 0 Å². The summed E-state index contributed by atoms with van der Waals surface area (Å²) in [6.45, 7) is 4.71. The minimum Gasteiger partial charge on any atom is -0.497 e. The number of halogens is 5. The highest BCUT2D eigenvalue weighted by molar-refractivity contribution is 8.14. The van der Waals surface area contributed by atoms with E-state index in [2.05, 4.69) is 19.8 Å². The molecule has 3 aromatic carbocycles. The number of amidine groups is 1. The summed E-state index contributed by atoms with van der Waals surface area (Å²) in [5, 5.41) is 6.71. The van der Waals surface area contributed by atoms with E-state index in [0.717, 1.165) is 35.6 Å². The third-order valence-electron chi connectivity index (χ3n) is 7.17. The molecule has 0 bridgehead atoms. The summed E-state index contributed by atoms with van der Waals surface area (Å²) in [5.74, 6) is 1.46. The minimum absolute atomic E-state index is 0.0256. The van der Waals surface area contributed by atoms with Gasteiger partial charge in [0.25, 0.3) is 0 Å². The summed E-state index contributed by atoms with van der Waals surface area (Å²) in [7, 11) is 1.59. The van der Waals surface area contributed by atoms with Crippen molar-refractivity contribution in [1.82, 2.24) is 20.1 Å². The smallest absolute Gasteiger partial charge is 0.497 e. The number of ether oxygens (including phenoxy) is 2. The summed E-state index contributed by atoms with van der Waals surface area (Å²) < 4.78 is 77.9. The van der Waals surface area contributed by atoms with Crippen molar-refractivity contribution < 1.29 is 36.2 Å². The molecule has 1 aliphatic rings. The average Bonchev–Trinajstić information content (AvgIpc) is 3.54. The minimum atomic E-state index is -4.80. The van der Waals surface area contributed by atoms with E-state index < -0.39 is 24.9 Å². The molecule has 2 atom stereocenters. The molecule has 0 radical (unpaired) electrons. The molecule has 1 saturated heterocycles. The zero-order valence-electron chi connectivity index (χ0n) is 25.5. The van der Waals surface area contributed by atoms with Crippen molar-refractivity contribution in [3.05, 3.63) is 84.2 Å². The van der Waals surface area contributed by atoms with Crippen molar-refractivity contribution in [3.8, 4) is 28.6 Å². The van der Waals surface area contributed by atoms with Crippen LogP contribution in [-0.2, 0) is 0 Å². The maximum Gasteiger partial charge on any atom is 0.573 e. The first-order valence-electron chi connectivity index (χ1n) is 14.6. The number of hydrogen-bond acceptors (Lipinski definition) is 6. The standard InChI is InChI=1S/C32H31F5N6O3S/c1-19(2)25-17-24(45-3)13-14-26(25)42-15-4-16-47-31(42)40-30(44)39-28(34)27(33)20-5-7-21(8-6-20)29-38-18-43(41-29)22-9-11-23(12-10-22)46-32(35,36)37/h5-14,17-19,27-28H,4,15-16H2,1-3H3,(H,39,44). The van der Waals surface area contributed by atoms with Gasteiger partial charge in [0.2, 0.25) is 6.30 Å². The Bertz CT molecular complexity index is 1710. The lowest BCUT2D eigenvalue weighted by atomic mass is 10.00. The molecule has 5 rings (SSSR count). The van der Waals surface area contributed by atoms with Gasteiger partial charge in [0.15, 0.2) is 17.2 Å². The van der Waals surface area contributed by atoms with E-state index in [-0.39, 0.29) is 23.1 Å². The number of methoxy groups -OCH3 is 1. The number of nitrogens with one attached hydrogen (secondary N) is 1. The van der Waals surface area contributed by atoms with Crippen LogP contribution in [0.4, 0.5) is 32.4 Å². The molecular formula is C32H31F5N6O3S. The number of benzene rings is 3. The maximum absolute atomic E-state index is 15.1. The number of thioether (sulfide) groups is 1. The molecule has 15 heteroatoms. The Morgan fingerprint density at radius 3 is 2.38 bits per heavy atom. The van der Waals surface area contributed by atoms with Gasteiger partial charge in [0.1, 0.15) is 17.8 Å². The van der Waals surface area contributed by atoms with Gasteiger partial charge in [-0.1, -0.05) is 49.9 Å². The molecule has 2 unspecified atom stereocenters. The number of aromatic nitrogens is 3. The van der Waals surface area contributed by atoms with Crippen LogP contribution in [0.3, 0.4) is 0 Å². The number of urea groups is 1. The number of alkyl halides is 5. The fraction of sp³-hybridized carbons (Fsp3) is 0.312. The maximum atomic E-state index is 15.1. The largest absolute Gasteiger partial charge is 0.573 e. The number of nitrogens with zero attached hydrogens (tertiary/aromatic N) is 5. The van der Waals surface area contributed by atoms with Gasteiger partial charge in [-0.25, -0.2) is 23.2 Å². The normalized spacial score (nSPS) is 15.9. The molecule has 0 aliphatic carbocycles. The average molecular weight is 675 g/mol. The number of hydrogen-bond donors (Lipinski definition) is 1. The molecule has 4 aromatic rings. The lowest BCUT2D eigenvalue weighted by molar-refractivity contribution is -0.274. The van der Waals surface area contributed by atoms with Crippen LogP contribution in [-0.4, -0.2) is 58.0 Å². The molecule has 1 N–H and O–H groups in total. The van der Waals surface area contributed by atoms with E-state index >= 15 is 4.39 Å². The predicted octanol–water partition coefficient (Wildman–Crippen LogP) is 7.98. The van der Waals surface area contributed by atoms with Crippen LogP contribution in [0.5, 0.6) is 11.5 Å². The van der Waals surface area contributed by atoms with E-state index in [9.17, 15) is 22.4 Å². The lowest BCUT2D eigenvalue weighted by Gasteiger charge is -2.32. The summed E-state index contributed by atoms with van der Waals surface area (Å²) in [4.78, 5) is 22.9. The van der Waals surface area contributed by atoms with Gasteiger partial charge in [-0.2, -0.15) is 4.99 Å². The molecule has 0 spiro atoms. The molecule has 1 aromatic heterocycles. The molecule has 47 heavy (non-hydrogen) atoms. The highest BCUT2D eigenvalue weighted by Gasteiger charge is 2.31. The van der Waals surface area contributed by atoms with E-state index in [1.807, 2.05) is 42.3 Å². The fourth-order valence-corrected chi connectivity index (χ4v) is 5.81. The summed E-state index contributed by atoms with van der Waals surface area (Å²) in [6, 6.07) is 15.4. The van der Waals surface area contributed by atoms with E-state index in [0.29, 0.717) is 28.7 Å². The first-order chi connectivity index (χ1) is 22.4. The number of carbonyl (C=O) groups excluding carboxylic acids is 1. The van der Waals surface area contributed by atoms with Crippen LogP contribution in [0.1, 0.15) is 43.5 Å². The predicted molar refractivity (Wildman–Crippen MR) is 170 cm³/mol. The number of amides is 2.